The van der Waals surface area contributed by atoms with Gasteiger partial charge in [-0.05, 0) is 37.8 Å². The lowest BCUT2D eigenvalue weighted by atomic mass is 10.0. The molecule has 2 heterocycles. The predicted octanol–water partition coefficient (Wildman–Crippen LogP) is 3.57. The van der Waals surface area contributed by atoms with E-state index in [2.05, 4.69) is 5.32 Å². The number of amides is 1. The third-order valence-corrected chi connectivity index (χ3v) is 6.92. The Bertz CT molecular complexity index is 1030. The Morgan fingerprint density at radius 2 is 1.68 bits per heavy atom. The molecule has 0 unspecified atom stereocenters. The number of carbonyl (C=O) groups excluding carboxylic acids is 2. The second kappa shape index (κ2) is 10.6. The molecule has 1 N–H and O–H groups in total. The molecule has 0 aliphatic carbocycles. The molecule has 7 nitrogen and oxygen atoms in total. The molecule has 2 aliphatic rings. The van der Waals surface area contributed by atoms with Gasteiger partial charge in [0.1, 0.15) is 12.3 Å². The molecule has 2 atom stereocenters. The van der Waals surface area contributed by atoms with E-state index in [0.29, 0.717) is 17.8 Å². The third kappa shape index (κ3) is 5.63. The van der Waals surface area contributed by atoms with E-state index in [1.807, 2.05) is 73.5 Å². The zero-order valence-corrected chi connectivity index (χ0v) is 20.5. The highest BCUT2D eigenvalue weighted by Gasteiger charge is 2.44. The molecule has 0 radical (unpaired) electrons. The van der Waals surface area contributed by atoms with E-state index in [4.69, 9.17) is 14.2 Å². The van der Waals surface area contributed by atoms with Crippen molar-refractivity contribution in [1.29, 1.82) is 0 Å². The molecule has 2 aromatic carbocycles. The molecule has 0 aromatic heterocycles. The van der Waals surface area contributed by atoms with Gasteiger partial charge in [-0.25, -0.2) is 4.79 Å². The number of rotatable bonds is 7. The summed E-state index contributed by atoms with van der Waals surface area (Å²) in [5.74, 6) is -1.25. The Hall–Kier alpha value is -2.81. The summed E-state index contributed by atoms with van der Waals surface area (Å²) in [5, 5.41) is 2.98. The van der Waals surface area contributed by atoms with Crippen LogP contribution < -0.4 is 5.32 Å². The summed E-state index contributed by atoms with van der Waals surface area (Å²) in [7, 11) is 0. The lowest BCUT2D eigenvalue weighted by molar-refractivity contribution is -0.226. The van der Waals surface area contributed by atoms with Crippen molar-refractivity contribution in [2.75, 3.05) is 26.0 Å². The number of nitrogens with zero attached hydrogens (tertiary/aromatic N) is 1. The Morgan fingerprint density at radius 1 is 1.06 bits per heavy atom. The predicted molar refractivity (Wildman–Crippen MR) is 131 cm³/mol. The molecule has 34 heavy (non-hydrogen) atoms. The number of esters is 1. The van der Waals surface area contributed by atoms with E-state index in [0.717, 1.165) is 11.1 Å². The zero-order valence-electron chi connectivity index (χ0n) is 19.7. The van der Waals surface area contributed by atoms with Crippen molar-refractivity contribution in [2.24, 2.45) is 0 Å². The van der Waals surface area contributed by atoms with Crippen molar-refractivity contribution >= 4 is 23.6 Å². The summed E-state index contributed by atoms with van der Waals surface area (Å²) in [6.45, 7) is 4.92. The fourth-order valence-corrected chi connectivity index (χ4v) is 4.88. The van der Waals surface area contributed by atoms with Gasteiger partial charge < -0.3 is 24.4 Å². The van der Waals surface area contributed by atoms with E-state index < -0.39 is 11.8 Å². The second-order valence-electron chi connectivity index (χ2n) is 8.72. The number of benzene rings is 2. The first-order valence-electron chi connectivity index (χ1n) is 11.2. The van der Waals surface area contributed by atoms with E-state index in [-0.39, 0.29) is 37.1 Å². The summed E-state index contributed by atoms with van der Waals surface area (Å²) in [5.41, 5.74) is 2.72. The van der Waals surface area contributed by atoms with Gasteiger partial charge in [-0.3, -0.25) is 4.79 Å². The van der Waals surface area contributed by atoms with Crippen LogP contribution in [0.25, 0.3) is 0 Å². The van der Waals surface area contributed by atoms with E-state index in [1.54, 1.807) is 23.9 Å². The van der Waals surface area contributed by atoms with Crippen LogP contribution in [0.2, 0.25) is 0 Å². The van der Waals surface area contributed by atoms with Gasteiger partial charge in [0.2, 0.25) is 0 Å². The second-order valence-corrected chi connectivity index (χ2v) is 9.67. The van der Waals surface area contributed by atoms with Gasteiger partial charge in [-0.2, -0.15) is 0 Å². The highest BCUT2D eigenvalue weighted by Crippen LogP contribution is 2.35. The molecule has 1 amide bonds. The van der Waals surface area contributed by atoms with Crippen LogP contribution in [0.5, 0.6) is 0 Å². The number of thioether (sulfide) groups is 1. The molecule has 0 saturated carbocycles. The number of likely N-dealkylation sites (tertiary alicyclic amines) is 1. The number of nitrogens with one attached hydrogen (secondary N) is 1. The van der Waals surface area contributed by atoms with Crippen LogP contribution in [-0.4, -0.2) is 60.0 Å². The van der Waals surface area contributed by atoms with Gasteiger partial charge in [0.05, 0.1) is 24.6 Å². The summed E-state index contributed by atoms with van der Waals surface area (Å²) in [4.78, 5) is 27.9. The Kier molecular flexibility index (Phi) is 7.60. The molecule has 2 aromatic rings. The Labute approximate surface area is 204 Å². The first kappa shape index (κ1) is 24.3. The van der Waals surface area contributed by atoms with Crippen molar-refractivity contribution < 1.29 is 23.8 Å². The van der Waals surface area contributed by atoms with Crippen LogP contribution in [0.1, 0.15) is 29.8 Å². The standard InChI is InChI=1S/C26H30N2O5S/c1-26(2)32-16-20(17-33-26)22(25(30)31-15-18-10-6-4-7-11-18)28-14-21(24(28)34-3)27-23(29)19-12-8-5-9-13-19/h4-13,21,24H,14-17H2,1-3H3,(H,27,29)/t21-,24+/m0/s1. The van der Waals surface area contributed by atoms with Gasteiger partial charge >= 0.3 is 5.97 Å². The summed E-state index contributed by atoms with van der Waals surface area (Å²) in [6, 6.07) is 18.6. The van der Waals surface area contributed by atoms with Crippen molar-refractivity contribution in [3.05, 3.63) is 83.1 Å². The monoisotopic (exact) mass is 482 g/mol. The maximum atomic E-state index is 13.3. The molecule has 2 fully saturated rings. The molecular formula is C26H30N2O5S. The SMILES string of the molecule is CS[C@@H]1[C@@H](NC(=O)c2ccccc2)CN1C(C(=O)OCc1ccccc1)=C1COC(C)(C)OC1. The topological polar surface area (TPSA) is 77.1 Å². The maximum absolute atomic E-state index is 13.3. The van der Waals surface area contributed by atoms with Gasteiger partial charge in [0.15, 0.2) is 5.79 Å². The number of hydrogen-bond donors (Lipinski definition) is 1. The average Bonchev–Trinajstić information content (AvgIpc) is 2.84. The van der Waals surface area contributed by atoms with Crippen LogP contribution in [-0.2, 0) is 25.6 Å². The Morgan fingerprint density at radius 3 is 2.29 bits per heavy atom. The lowest BCUT2D eigenvalue weighted by Gasteiger charge is -2.50. The smallest absolute Gasteiger partial charge is 0.355 e. The Balaban J connectivity index is 1.50. The largest absolute Gasteiger partial charge is 0.456 e. The molecule has 0 spiro atoms. The fourth-order valence-electron chi connectivity index (χ4n) is 3.95. The average molecular weight is 483 g/mol. The third-order valence-electron chi connectivity index (χ3n) is 5.85. The van der Waals surface area contributed by atoms with E-state index >= 15 is 0 Å². The molecule has 2 aliphatic heterocycles. The molecule has 0 bridgehead atoms. The summed E-state index contributed by atoms with van der Waals surface area (Å²) < 4.78 is 17.3. The highest BCUT2D eigenvalue weighted by molar-refractivity contribution is 7.99. The maximum Gasteiger partial charge on any atom is 0.355 e. The minimum absolute atomic E-state index is 0.109. The molecule has 180 valence electrons. The fraction of sp³-hybridized carbons (Fsp3) is 0.385. The van der Waals surface area contributed by atoms with Crippen LogP contribution in [0, 0.1) is 0 Å². The highest BCUT2D eigenvalue weighted by atomic mass is 32.2. The molecule has 4 rings (SSSR count). The number of carbonyl (C=O) groups is 2. The summed E-state index contributed by atoms with van der Waals surface area (Å²) in [6.07, 6.45) is 1.97. The van der Waals surface area contributed by atoms with Crippen molar-refractivity contribution in [1.82, 2.24) is 10.2 Å². The van der Waals surface area contributed by atoms with Crippen LogP contribution in [0.3, 0.4) is 0 Å². The van der Waals surface area contributed by atoms with E-state index in [1.165, 1.54) is 0 Å². The molecule has 8 heteroatoms. The normalized spacial score (nSPS) is 21.4. The first-order valence-corrected chi connectivity index (χ1v) is 12.5. The van der Waals surface area contributed by atoms with Crippen LogP contribution >= 0.6 is 11.8 Å². The van der Waals surface area contributed by atoms with E-state index in [9.17, 15) is 9.59 Å². The van der Waals surface area contributed by atoms with Gasteiger partial charge in [0, 0.05) is 17.7 Å². The minimum atomic E-state index is -0.706. The first-order chi connectivity index (χ1) is 16.4. The number of ether oxygens (including phenoxy) is 3. The quantitative estimate of drug-likeness (QED) is 0.478. The van der Waals surface area contributed by atoms with Crippen LogP contribution in [0.4, 0.5) is 0 Å². The molecular weight excluding hydrogens is 452 g/mol. The van der Waals surface area contributed by atoms with Crippen molar-refractivity contribution in [3.8, 4) is 0 Å². The van der Waals surface area contributed by atoms with Crippen molar-refractivity contribution in [2.45, 2.75) is 37.7 Å². The zero-order chi connectivity index (χ0) is 24.1. The number of hydrogen-bond acceptors (Lipinski definition) is 7. The lowest BCUT2D eigenvalue weighted by Crippen LogP contribution is -2.65. The summed E-state index contributed by atoms with van der Waals surface area (Å²) >= 11 is 1.58. The van der Waals surface area contributed by atoms with Crippen molar-refractivity contribution in [3.63, 3.8) is 0 Å². The van der Waals surface area contributed by atoms with Crippen LogP contribution in [0.15, 0.2) is 71.9 Å². The molecule has 2 saturated heterocycles. The van der Waals surface area contributed by atoms with Gasteiger partial charge in [0.25, 0.3) is 5.91 Å². The minimum Gasteiger partial charge on any atom is -0.456 e. The van der Waals surface area contributed by atoms with Gasteiger partial charge in [-0.15, -0.1) is 11.8 Å². The van der Waals surface area contributed by atoms with Gasteiger partial charge in [-0.1, -0.05) is 48.5 Å².